The quantitative estimate of drug-likeness (QED) is 0.781. The van der Waals surface area contributed by atoms with Gasteiger partial charge in [0.1, 0.15) is 6.61 Å². The number of hydrogen-bond donors (Lipinski definition) is 0. The van der Waals surface area contributed by atoms with E-state index in [0.717, 1.165) is 12.0 Å². The highest BCUT2D eigenvalue weighted by atomic mass is 16.5. The van der Waals surface area contributed by atoms with Crippen LogP contribution in [0, 0.1) is 0 Å². The molecule has 1 heterocycles. The van der Waals surface area contributed by atoms with Crippen LogP contribution >= 0.6 is 0 Å². The Kier molecular flexibility index (Phi) is 4.08. The number of ketones is 1. The van der Waals surface area contributed by atoms with Gasteiger partial charge in [-0.2, -0.15) is 0 Å². The fourth-order valence-corrected chi connectivity index (χ4v) is 1.70. The molecule has 0 saturated carbocycles. The minimum atomic E-state index is 0.0478. The molecule has 3 heteroatoms. The number of carbonyl (C=O) groups excluding carboxylic acids is 1. The molecule has 0 bridgehead atoms. The zero-order valence-corrected chi connectivity index (χ0v) is 9.22. The first-order chi connectivity index (χ1) is 7.84. The SMILES string of the molecule is O=C1CC[C@H](OCc2ccccc2)COC1. The summed E-state index contributed by atoms with van der Waals surface area (Å²) in [5, 5.41) is 0. The lowest BCUT2D eigenvalue weighted by Crippen LogP contribution is -2.17. The van der Waals surface area contributed by atoms with E-state index in [9.17, 15) is 4.79 Å². The van der Waals surface area contributed by atoms with Crippen molar-refractivity contribution in [2.24, 2.45) is 0 Å². The Hall–Kier alpha value is -1.19. The van der Waals surface area contributed by atoms with Gasteiger partial charge in [0.15, 0.2) is 5.78 Å². The Balaban J connectivity index is 1.79. The van der Waals surface area contributed by atoms with E-state index in [1.807, 2.05) is 30.3 Å². The van der Waals surface area contributed by atoms with Gasteiger partial charge < -0.3 is 9.47 Å². The van der Waals surface area contributed by atoms with Crippen molar-refractivity contribution >= 4 is 5.78 Å². The van der Waals surface area contributed by atoms with Gasteiger partial charge in [-0.1, -0.05) is 30.3 Å². The van der Waals surface area contributed by atoms with E-state index in [1.165, 1.54) is 0 Å². The molecule has 1 aromatic rings. The van der Waals surface area contributed by atoms with Crippen molar-refractivity contribution in [2.75, 3.05) is 13.2 Å². The monoisotopic (exact) mass is 220 g/mol. The first-order valence-electron chi connectivity index (χ1n) is 5.59. The molecule has 1 aliphatic heterocycles. The van der Waals surface area contributed by atoms with Crippen LogP contribution in [0.15, 0.2) is 30.3 Å². The Morgan fingerprint density at radius 2 is 2.12 bits per heavy atom. The van der Waals surface area contributed by atoms with Gasteiger partial charge in [-0.15, -0.1) is 0 Å². The van der Waals surface area contributed by atoms with E-state index in [2.05, 4.69) is 0 Å². The smallest absolute Gasteiger partial charge is 0.158 e. The van der Waals surface area contributed by atoms with Gasteiger partial charge in [0.25, 0.3) is 0 Å². The summed E-state index contributed by atoms with van der Waals surface area (Å²) in [6, 6.07) is 10.0. The summed E-state index contributed by atoms with van der Waals surface area (Å²) in [6.07, 6.45) is 1.39. The number of benzene rings is 1. The van der Waals surface area contributed by atoms with Crippen molar-refractivity contribution in [1.82, 2.24) is 0 Å². The molecule has 0 aromatic heterocycles. The Morgan fingerprint density at radius 3 is 2.94 bits per heavy atom. The van der Waals surface area contributed by atoms with Crippen LogP contribution in [-0.4, -0.2) is 25.1 Å². The lowest BCUT2D eigenvalue weighted by atomic mass is 10.1. The topological polar surface area (TPSA) is 35.5 Å². The second-order valence-corrected chi connectivity index (χ2v) is 4.01. The number of Topliss-reactive ketones (excluding diaryl/α,β-unsaturated/α-hetero) is 1. The summed E-state index contributed by atoms with van der Waals surface area (Å²) in [5.41, 5.74) is 1.15. The minimum absolute atomic E-state index is 0.0478. The van der Waals surface area contributed by atoms with Crippen LogP contribution in [0.2, 0.25) is 0 Å². The van der Waals surface area contributed by atoms with Gasteiger partial charge in [0.05, 0.1) is 19.3 Å². The summed E-state index contributed by atoms with van der Waals surface area (Å²) >= 11 is 0. The van der Waals surface area contributed by atoms with Crippen LogP contribution in [0.4, 0.5) is 0 Å². The maximum absolute atomic E-state index is 11.1. The van der Waals surface area contributed by atoms with Crippen molar-refractivity contribution in [3.05, 3.63) is 35.9 Å². The fourth-order valence-electron chi connectivity index (χ4n) is 1.70. The zero-order valence-electron chi connectivity index (χ0n) is 9.22. The van der Waals surface area contributed by atoms with Crippen LogP contribution in [0.1, 0.15) is 18.4 Å². The molecule has 1 aliphatic rings. The van der Waals surface area contributed by atoms with E-state index in [-0.39, 0.29) is 18.5 Å². The summed E-state index contributed by atoms with van der Waals surface area (Å²) in [5.74, 6) is 0.172. The Morgan fingerprint density at radius 1 is 1.31 bits per heavy atom. The molecule has 3 nitrogen and oxygen atoms in total. The van der Waals surface area contributed by atoms with Gasteiger partial charge in [0.2, 0.25) is 0 Å². The molecule has 86 valence electrons. The molecular weight excluding hydrogens is 204 g/mol. The van der Waals surface area contributed by atoms with Gasteiger partial charge in [0, 0.05) is 6.42 Å². The second-order valence-electron chi connectivity index (χ2n) is 4.01. The van der Waals surface area contributed by atoms with Crippen LogP contribution in [0.25, 0.3) is 0 Å². The minimum Gasteiger partial charge on any atom is -0.371 e. The molecule has 1 fully saturated rings. The van der Waals surface area contributed by atoms with Crippen LogP contribution in [0.3, 0.4) is 0 Å². The fraction of sp³-hybridized carbons (Fsp3) is 0.462. The molecule has 0 amide bonds. The highest BCUT2D eigenvalue weighted by Gasteiger charge is 2.17. The van der Waals surface area contributed by atoms with E-state index in [1.54, 1.807) is 0 Å². The average molecular weight is 220 g/mol. The molecular formula is C13H16O3. The molecule has 1 saturated heterocycles. The first-order valence-corrected chi connectivity index (χ1v) is 5.59. The third kappa shape index (κ3) is 3.43. The molecule has 0 unspecified atom stereocenters. The first kappa shape index (κ1) is 11.3. The Bertz CT molecular complexity index is 334. The summed E-state index contributed by atoms with van der Waals surface area (Å²) in [6.45, 7) is 1.35. The lowest BCUT2D eigenvalue weighted by molar-refractivity contribution is -0.122. The molecule has 1 atom stereocenters. The summed E-state index contributed by atoms with van der Waals surface area (Å²) in [4.78, 5) is 11.1. The van der Waals surface area contributed by atoms with Gasteiger partial charge in [-0.3, -0.25) is 4.79 Å². The second kappa shape index (κ2) is 5.77. The van der Waals surface area contributed by atoms with Crippen molar-refractivity contribution in [2.45, 2.75) is 25.6 Å². The standard InChI is InChI=1S/C13H16O3/c14-12-6-7-13(10-15-9-12)16-8-11-4-2-1-3-5-11/h1-5,13H,6-10H2/t13-/m0/s1. The van der Waals surface area contributed by atoms with E-state index >= 15 is 0 Å². The lowest BCUT2D eigenvalue weighted by Gasteiger charge is -2.14. The Labute approximate surface area is 95.4 Å². The molecule has 0 N–H and O–H groups in total. The van der Waals surface area contributed by atoms with E-state index in [4.69, 9.17) is 9.47 Å². The number of hydrogen-bond acceptors (Lipinski definition) is 3. The maximum Gasteiger partial charge on any atom is 0.158 e. The van der Waals surface area contributed by atoms with Gasteiger partial charge in [-0.05, 0) is 12.0 Å². The van der Waals surface area contributed by atoms with Crippen LogP contribution in [0.5, 0.6) is 0 Å². The van der Waals surface area contributed by atoms with Crippen molar-refractivity contribution in [3.63, 3.8) is 0 Å². The predicted octanol–water partition coefficient (Wildman–Crippen LogP) is 1.95. The number of ether oxygens (including phenoxy) is 2. The van der Waals surface area contributed by atoms with E-state index in [0.29, 0.717) is 19.6 Å². The zero-order chi connectivity index (χ0) is 11.2. The van der Waals surface area contributed by atoms with E-state index < -0.39 is 0 Å². The molecule has 0 aliphatic carbocycles. The molecule has 2 rings (SSSR count). The summed E-state index contributed by atoms with van der Waals surface area (Å²) in [7, 11) is 0. The predicted molar refractivity (Wildman–Crippen MR) is 60.1 cm³/mol. The largest absolute Gasteiger partial charge is 0.371 e. The number of carbonyl (C=O) groups is 1. The van der Waals surface area contributed by atoms with Crippen molar-refractivity contribution < 1.29 is 14.3 Å². The van der Waals surface area contributed by atoms with Crippen LogP contribution < -0.4 is 0 Å². The normalized spacial score (nSPS) is 21.8. The summed E-state index contributed by atoms with van der Waals surface area (Å²) < 4.78 is 11.0. The molecule has 1 aromatic carbocycles. The highest BCUT2D eigenvalue weighted by Crippen LogP contribution is 2.11. The van der Waals surface area contributed by atoms with Gasteiger partial charge >= 0.3 is 0 Å². The van der Waals surface area contributed by atoms with Crippen molar-refractivity contribution in [1.29, 1.82) is 0 Å². The maximum atomic E-state index is 11.1. The molecule has 0 radical (unpaired) electrons. The molecule has 16 heavy (non-hydrogen) atoms. The van der Waals surface area contributed by atoms with Crippen LogP contribution in [-0.2, 0) is 20.9 Å². The highest BCUT2D eigenvalue weighted by molar-refractivity contribution is 5.79. The average Bonchev–Trinajstić information content (AvgIpc) is 2.53. The molecule has 0 spiro atoms. The third-order valence-electron chi connectivity index (χ3n) is 2.64. The number of rotatable bonds is 3. The van der Waals surface area contributed by atoms with Crippen molar-refractivity contribution in [3.8, 4) is 0 Å². The third-order valence-corrected chi connectivity index (χ3v) is 2.64. The van der Waals surface area contributed by atoms with Gasteiger partial charge in [-0.25, -0.2) is 0 Å².